The first-order chi connectivity index (χ1) is 6.29. The van der Waals surface area contributed by atoms with Crippen LogP contribution in [0.5, 0.6) is 0 Å². The molecule has 1 aliphatic carbocycles. The summed E-state index contributed by atoms with van der Waals surface area (Å²) in [6.45, 7) is 0.650. The minimum absolute atomic E-state index is 0.455. The largest absolute Gasteiger partial charge is 0.388 e. The fourth-order valence-electron chi connectivity index (χ4n) is 1.50. The second-order valence-electron chi connectivity index (χ2n) is 3.67. The van der Waals surface area contributed by atoms with Crippen molar-refractivity contribution in [1.29, 1.82) is 0 Å². The van der Waals surface area contributed by atoms with Gasteiger partial charge in [-0.05, 0) is 31.4 Å². The van der Waals surface area contributed by atoms with Crippen LogP contribution in [0.2, 0.25) is 0 Å². The van der Waals surface area contributed by atoms with Crippen LogP contribution in [0.4, 0.5) is 5.69 Å². The van der Waals surface area contributed by atoms with E-state index in [9.17, 15) is 5.11 Å². The summed E-state index contributed by atoms with van der Waals surface area (Å²) in [7, 11) is 0. The van der Waals surface area contributed by atoms with Crippen LogP contribution in [0.1, 0.15) is 19.3 Å². The average molecular weight is 178 g/mol. The zero-order valence-electron chi connectivity index (χ0n) is 7.53. The van der Waals surface area contributed by atoms with E-state index in [-0.39, 0.29) is 0 Å². The lowest BCUT2D eigenvalue weighted by Crippen LogP contribution is -2.43. The summed E-state index contributed by atoms with van der Waals surface area (Å²) in [6.07, 6.45) is 6.48. The molecule has 0 atom stereocenters. The Morgan fingerprint density at radius 3 is 2.62 bits per heavy atom. The third kappa shape index (κ3) is 1.98. The van der Waals surface area contributed by atoms with E-state index in [0.29, 0.717) is 6.54 Å². The normalized spacial score (nSPS) is 19.2. The summed E-state index contributed by atoms with van der Waals surface area (Å²) in [5.74, 6) is 0. The lowest BCUT2D eigenvalue weighted by atomic mass is 9.80. The quantitative estimate of drug-likeness (QED) is 0.735. The molecule has 1 aromatic heterocycles. The van der Waals surface area contributed by atoms with E-state index in [1.165, 1.54) is 0 Å². The van der Waals surface area contributed by atoms with Gasteiger partial charge in [-0.1, -0.05) is 0 Å². The van der Waals surface area contributed by atoms with Crippen molar-refractivity contribution in [2.75, 3.05) is 11.9 Å². The van der Waals surface area contributed by atoms with Crippen molar-refractivity contribution in [2.45, 2.75) is 24.9 Å². The van der Waals surface area contributed by atoms with E-state index >= 15 is 0 Å². The van der Waals surface area contributed by atoms with E-state index in [1.54, 1.807) is 12.4 Å². The fraction of sp³-hybridized carbons (Fsp3) is 0.500. The molecule has 0 spiro atoms. The summed E-state index contributed by atoms with van der Waals surface area (Å²) in [6, 6.07) is 3.81. The highest BCUT2D eigenvalue weighted by Crippen LogP contribution is 2.31. The highest BCUT2D eigenvalue weighted by atomic mass is 16.3. The van der Waals surface area contributed by atoms with Crippen LogP contribution in [-0.4, -0.2) is 22.2 Å². The van der Waals surface area contributed by atoms with Crippen molar-refractivity contribution in [3.8, 4) is 0 Å². The van der Waals surface area contributed by atoms with E-state index in [1.807, 2.05) is 12.1 Å². The number of pyridine rings is 1. The Morgan fingerprint density at radius 2 is 2.08 bits per heavy atom. The zero-order valence-corrected chi connectivity index (χ0v) is 7.53. The van der Waals surface area contributed by atoms with Crippen LogP contribution >= 0.6 is 0 Å². The molecular formula is C10H14N2O. The zero-order chi connectivity index (χ0) is 9.15. The molecule has 3 heteroatoms. The van der Waals surface area contributed by atoms with Gasteiger partial charge in [0.2, 0.25) is 0 Å². The van der Waals surface area contributed by atoms with Gasteiger partial charge < -0.3 is 10.4 Å². The maximum atomic E-state index is 9.79. The maximum Gasteiger partial charge on any atom is 0.0819 e. The smallest absolute Gasteiger partial charge is 0.0819 e. The monoisotopic (exact) mass is 178 g/mol. The van der Waals surface area contributed by atoms with Gasteiger partial charge in [-0.2, -0.15) is 0 Å². The minimum atomic E-state index is -0.455. The first-order valence-corrected chi connectivity index (χ1v) is 4.65. The molecule has 1 aromatic rings. The second kappa shape index (κ2) is 3.34. The number of anilines is 1. The SMILES string of the molecule is OC1(CNc2ccncc2)CCC1. The van der Waals surface area contributed by atoms with E-state index in [0.717, 1.165) is 24.9 Å². The molecule has 0 aliphatic heterocycles. The molecule has 0 amide bonds. The second-order valence-corrected chi connectivity index (χ2v) is 3.67. The van der Waals surface area contributed by atoms with Crippen molar-refractivity contribution in [2.24, 2.45) is 0 Å². The lowest BCUT2D eigenvalue weighted by molar-refractivity contribution is -0.0201. The molecule has 0 saturated heterocycles. The summed E-state index contributed by atoms with van der Waals surface area (Å²) in [5, 5.41) is 13.0. The van der Waals surface area contributed by atoms with Gasteiger partial charge in [0, 0.05) is 24.6 Å². The van der Waals surface area contributed by atoms with Gasteiger partial charge in [0.1, 0.15) is 0 Å². The van der Waals surface area contributed by atoms with Crippen LogP contribution in [0, 0.1) is 0 Å². The van der Waals surface area contributed by atoms with Gasteiger partial charge in [-0.3, -0.25) is 4.98 Å². The summed E-state index contributed by atoms with van der Waals surface area (Å²) >= 11 is 0. The highest BCUT2D eigenvalue weighted by Gasteiger charge is 2.33. The Balaban J connectivity index is 1.86. The molecule has 2 rings (SSSR count). The van der Waals surface area contributed by atoms with Crippen molar-refractivity contribution in [3.63, 3.8) is 0 Å². The molecular weight excluding hydrogens is 164 g/mol. The standard InChI is InChI=1S/C10H14N2O/c13-10(4-1-5-10)8-12-9-2-6-11-7-3-9/h2-3,6-7,13H,1,4-5,8H2,(H,11,12). The van der Waals surface area contributed by atoms with E-state index < -0.39 is 5.60 Å². The number of hydrogen-bond donors (Lipinski definition) is 2. The van der Waals surface area contributed by atoms with Crippen LogP contribution in [-0.2, 0) is 0 Å². The topological polar surface area (TPSA) is 45.1 Å². The highest BCUT2D eigenvalue weighted by molar-refractivity contribution is 5.41. The lowest BCUT2D eigenvalue weighted by Gasteiger charge is -2.36. The van der Waals surface area contributed by atoms with Crippen LogP contribution in [0.25, 0.3) is 0 Å². The summed E-state index contributed by atoms with van der Waals surface area (Å²) in [4.78, 5) is 3.92. The maximum absolute atomic E-state index is 9.79. The van der Waals surface area contributed by atoms with Gasteiger partial charge in [-0.25, -0.2) is 0 Å². The molecule has 3 nitrogen and oxygen atoms in total. The number of hydrogen-bond acceptors (Lipinski definition) is 3. The summed E-state index contributed by atoms with van der Waals surface area (Å²) in [5.41, 5.74) is 0.568. The van der Waals surface area contributed by atoms with Gasteiger partial charge in [0.25, 0.3) is 0 Å². The van der Waals surface area contributed by atoms with Crippen molar-refractivity contribution in [1.82, 2.24) is 4.98 Å². The first-order valence-electron chi connectivity index (χ1n) is 4.65. The van der Waals surface area contributed by atoms with Crippen molar-refractivity contribution in [3.05, 3.63) is 24.5 Å². The fourth-order valence-corrected chi connectivity index (χ4v) is 1.50. The van der Waals surface area contributed by atoms with Gasteiger partial charge >= 0.3 is 0 Å². The van der Waals surface area contributed by atoms with Gasteiger partial charge in [0.05, 0.1) is 5.60 Å². The third-order valence-electron chi connectivity index (χ3n) is 2.59. The third-order valence-corrected chi connectivity index (χ3v) is 2.59. The first kappa shape index (κ1) is 8.51. The van der Waals surface area contributed by atoms with E-state index in [2.05, 4.69) is 10.3 Å². The number of nitrogens with one attached hydrogen (secondary N) is 1. The number of aromatic nitrogens is 1. The average Bonchev–Trinajstić information content (AvgIpc) is 2.13. The molecule has 0 unspecified atom stereocenters. The molecule has 70 valence electrons. The molecule has 1 saturated carbocycles. The number of aliphatic hydroxyl groups is 1. The molecule has 1 fully saturated rings. The molecule has 1 heterocycles. The Bertz CT molecular complexity index is 270. The van der Waals surface area contributed by atoms with Crippen molar-refractivity contribution < 1.29 is 5.11 Å². The molecule has 0 aromatic carbocycles. The van der Waals surface area contributed by atoms with Gasteiger partial charge in [-0.15, -0.1) is 0 Å². The van der Waals surface area contributed by atoms with Crippen molar-refractivity contribution >= 4 is 5.69 Å². The molecule has 2 N–H and O–H groups in total. The Morgan fingerprint density at radius 1 is 1.38 bits per heavy atom. The predicted octanol–water partition coefficient (Wildman–Crippen LogP) is 1.41. The Labute approximate surface area is 77.8 Å². The van der Waals surface area contributed by atoms with Crippen LogP contribution in [0.3, 0.4) is 0 Å². The minimum Gasteiger partial charge on any atom is -0.388 e. The Hall–Kier alpha value is -1.09. The molecule has 13 heavy (non-hydrogen) atoms. The molecule has 0 radical (unpaired) electrons. The molecule has 0 bridgehead atoms. The Kier molecular flexibility index (Phi) is 2.19. The van der Waals surface area contributed by atoms with Crippen LogP contribution in [0.15, 0.2) is 24.5 Å². The number of rotatable bonds is 3. The van der Waals surface area contributed by atoms with Crippen LogP contribution < -0.4 is 5.32 Å². The molecule has 1 aliphatic rings. The van der Waals surface area contributed by atoms with E-state index in [4.69, 9.17) is 0 Å². The number of nitrogens with zero attached hydrogens (tertiary/aromatic N) is 1. The predicted molar refractivity (Wildman–Crippen MR) is 51.5 cm³/mol. The van der Waals surface area contributed by atoms with Gasteiger partial charge in [0.15, 0.2) is 0 Å². The summed E-state index contributed by atoms with van der Waals surface area (Å²) < 4.78 is 0.